The van der Waals surface area contributed by atoms with E-state index in [9.17, 15) is 9.59 Å². The molecule has 1 fully saturated rings. The molecule has 1 aromatic heterocycles. The predicted molar refractivity (Wildman–Crippen MR) is 95.8 cm³/mol. The molecule has 2 amide bonds. The maximum absolute atomic E-state index is 12.3. The van der Waals surface area contributed by atoms with Gasteiger partial charge in [-0.25, -0.2) is 4.98 Å². The molecule has 1 aromatic carbocycles. The van der Waals surface area contributed by atoms with Crippen molar-refractivity contribution in [2.24, 2.45) is 0 Å². The van der Waals surface area contributed by atoms with E-state index in [2.05, 4.69) is 4.98 Å². The summed E-state index contributed by atoms with van der Waals surface area (Å²) >= 11 is 1.50. The van der Waals surface area contributed by atoms with Crippen LogP contribution < -0.4 is 4.90 Å². The summed E-state index contributed by atoms with van der Waals surface area (Å²) in [7, 11) is 1.80. The Kier molecular flexibility index (Phi) is 4.27. The van der Waals surface area contributed by atoms with E-state index in [1.165, 1.54) is 11.3 Å². The molecule has 2 aliphatic rings. The molecule has 1 saturated heterocycles. The molecule has 0 radical (unpaired) electrons. The van der Waals surface area contributed by atoms with Crippen LogP contribution in [0.5, 0.6) is 0 Å². The maximum Gasteiger partial charge on any atom is 0.231 e. The van der Waals surface area contributed by atoms with Gasteiger partial charge in [-0.15, -0.1) is 11.3 Å². The number of carbonyl (C=O) groups excluding carboxylic acids is 2. The second kappa shape index (κ2) is 6.57. The van der Waals surface area contributed by atoms with E-state index < -0.39 is 0 Å². The SMILES string of the molecule is CN1C(=O)Cc2cc(-c3csc(CC(=O)N4CCOCC4)n3)ccc21. The molecular formula is C18H19N3O3S. The van der Waals surface area contributed by atoms with Crippen LogP contribution in [0.1, 0.15) is 10.6 Å². The van der Waals surface area contributed by atoms with Gasteiger partial charge in [0.05, 0.1) is 31.7 Å². The van der Waals surface area contributed by atoms with E-state index in [-0.39, 0.29) is 11.8 Å². The largest absolute Gasteiger partial charge is 0.378 e. The van der Waals surface area contributed by atoms with Crippen LogP contribution >= 0.6 is 11.3 Å². The summed E-state index contributed by atoms with van der Waals surface area (Å²) in [5.41, 5.74) is 3.85. The second-order valence-electron chi connectivity index (χ2n) is 6.27. The number of rotatable bonds is 3. The second-order valence-corrected chi connectivity index (χ2v) is 7.21. The van der Waals surface area contributed by atoms with Crippen molar-refractivity contribution in [2.75, 3.05) is 38.3 Å². The maximum atomic E-state index is 12.3. The summed E-state index contributed by atoms with van der Waals surface area (Å²) in [5, 5.41) is 2.80. The fourth-order valence-electron chi connectivity index (χ4n) is 3.21. The molecule has 3 heterocycles. The van der Waals surface area contributed by atoms with Gasteiger partial charge >= 0.3 is 0 Å². The number of amides is 2. The van der Waals surface area contributed by atoms with Crippen molar-refractivity contribution in [3.63, 3.8) is 0 Å². The standard InChI is InChI=1S/C18H19N3O3S/c1-20-15-3-2-12(8-13(15)9-17(20)22)14-11-25-16(19-14)10-18(23)21-4-6-24-7-5-21/h2-3,8,11H,4-7,9-10H2,1H3. The quantitative estimate of drug-likeness (QED) is 0.839. The number of fused-ring (bicyclic) bond motifs is 1. The highest BCUT2D eigenvalue weighted by atomic mass is 32.1. The molecule has 0 saturated carbocycles. The van der Waals surface area contributed by atoms with E-state index in [0.717, 1.165) is 27.5 Å². The number of hydrogen-bond acceptors (Lipinski definition) is 5. The van der Waals surface area contributed by atoms with Crippen molar-refractivity contribution >= 4 is 28.8 Å². The summed E-state index contributed by atoms with van der Waals surface area (Å²) in [6.45, 7) is 2.53. The van der Waals surface area contributed by atoms with Crippen molar-refractivity contribution in [1.29, 1.82) is 0 Å². The lowest BCUT2D eigenvalue weighted by molar-refractivity contribution is -0.134. The Morgan fingerprint density at radius 2 is 2.12 bits per heavy atom. The van der Waals surface area contributed by atoms with Crippen LogP contribution in [0.25, 0.3) is 11.3 Å². The van der Waals surface area contributed by atoms with E-state index in [0.29, 0.717) is 39.1 Å². The molecule has 7 heteroatoms. The number of benzene rings is 1. The van der Waals surface area contributed by atoms with Gasteiger partial charge in [0, 0.05) is 36.8 Å². The zero-order chi connectivity index (χ0) is 17.4. The predicted octanol–water partition coefficient (Wildman–Crippen LogP) is 1.73. The van der Waals surface area contributed by atoms with Crippen LogP contribution in [-0.4, -0.2) is 55.0 Å². The van der Waals surface area contributed by atoms with Gasteiger partial charge in [0.25, 0.3) is 0 Å². The van der Waals surface area contributed by atoms with Gasteiger partial charge in [-0.1, -0.05) is 6.07 Å². The zero-order valence-corrected chi connectivity index (χ0v) is 14.8. The van der Waals surface area contributed by atoms with Gasteiger partial charge in [0.2, 0.25) is 11.8 Å². The first-order chi connectivity index (χ1) is 12.1. The van der Waals surface area contributed by atoms with Crippen molar-refractivity contribution in [3.05, 3.63) is 34.2 Å². The number of ether oxygens (including phenoxy) is 1. The lowest BCUT2D eigenvalue weighted by Crippen LogP contribution is -2.41. The van der Waals surface area contributed by atoms with Crippen LogP contribution in [0.15, 0.2) is 23.6 Å². The monoisotopic (exact) mass is 357 g/mol. The lowest BCUT2D eigenvalue weighted by atomic mass is 10.1. The Labute approximate surface area is 150 Å². The molecule has 2 aliphatic heterocycles. The minimum absolute atomic E-state index is 0.102. The molecule has 0 spiro atoms. The highest BCUT2D eigenvalue weighted by molar-refractivity contribution is 7.10. The number of morpholine rings is 1. The van der Waals surface area contributed by atoms with E-state index >= 15 is 0 Å². The Bertz CT molecular complexity index is 827. The third-order valence-electron chi connectivity index (χ3n) is 4.67. The van der Waals surface area contributed by atoms with Crippen molar-refractivity contribution < 1.29 is 14.3 Å². The zero-order valence-electron chi connectivity index (χ0n) is 14.0. The molecule has 0 unspecified atom stereocenters. The minimum atomic E-state index is 0.102. The fourth-order valence-corrected chi connectivity index (χ4v) is 4.00. The van der Waals surface area contributed by atoms with Crippen LogP contribution in [0.2, 0.25) is 0 Å². The molecule has 6 nitrogen and oxygen atoms in total. The number of likely N-dealkylation sites (N-methyl/N-ethyl adjacent to an activating group) is 1. The van der Waals surface area contributed by atoms with Gasteiger partial charge in [-0.3, -0.25) is 9.59 Å². The molecule has 0 bridgehead atoms. The van der Waals surface area contributed by atoms with Gasteiger partial charge in [0.15, 0.2) is 0 Å². The third-order valence-corrected chi connectivity index (χ3v) is 5.52. The molecule has 0 atom stereocenters. The van der Waals surface area contributed by atoms with Crippen molar-refractivity contribution in [1.82, 2.24) is 9.88 Å². The first-order valence-electron chi connectivity index (χ1n) is 8.31. The van der Waals surface area contributed by atoms with Crippen LogP contribution in [-0.2, 0) is 27.2 Å². The van der Waals surface area contributed by atoms with Crippen LogP contribution in [0.3, 0.4) is 0 Å². The van der Waals surface area contributed by atoms with Crippen LogP contribution in [0.4, 0.5) is 5.69 Å². The molecule has 4 rings (SSSR count). The molecule has 25 heavy (non-hydrogen) atoms. The summed E-state index contributed by atoms with van der Waals surface area (Å²) in [4.78, 5) is 32.3. The van der Waals surface area contributed by atoms with Gasteiger partial charge in [-0.05, 0) is 17.7 Å². The summed E-state index contributed by atoms with van der Waals surface area (Å²) in [5.74, 6) is 0.215. The molecule has 0 aliphatic carbocycles. The lowest BCUT2D eigenvalue weighted by Gasteiger charge is -2.26. The highest BCUT2D eigenvalue weighted by Crippen LogP contribution is 2.32. The summed E-state index contributed by atoms with van der Waals surface area (Å²) in [6, 6.07) is 5.98. The van der Waals surface area contributed by atoms with Crippen LogP contribution in [0, 0.1) is 0 Å². The van der Waals surface area contributed by atoms with Crippen molar-refractivity contribution in [2.45, 2.75) is 12.8 Å². The average Bonchev–Trinajstić information content (AvgIpc) is 3.20. The van der Waals surface area contributed by atoms with Gasteiger partial charge < -0.3 is 14.5 Å². The Balaban J connectivity index is 1.49. The summed E-state index contributed by atoms with van der Waals surface area (Å²) < 4.78 is 5.28. The number of carbonyl (C=O) groups is 2. The van der Waals surface area contributed by atoms with E-state index in [1.54, 1.807) is 11.9 Å². The van der Waals surface area contributed by atoms with E-state index in [4.69, 9.17) is 4.74 Å². The molecule has 2 aromatic rings. The summed E-state index contributed by atoms with van der Waals surface area (Å²) in [6.07, 6.45) is 0.767. The Morgan fingerprint density at radius 3 is 2.92 bits per heavy atom. The number of thiazole rings is 1. The van der Waals surface area contributed by atoms with E-state index in [1.807, 2.05) is 28.5 Å². The first kappa shape index (κ1) is 16.2. The number of aromatic nitrogens is 1. The average molecular weight is 357 g/mol. The highest BCUT2D eigenvalue weighted by Gasteiger charge is 2.24. The Hall–Kier alpha value is -2.25. The van der Waals surface area contributed by atoms with Gasteiger partial charge in [-0.2, -0.15) is 0 Å². The van der Waals surface area contributed by atoms with Gasteiger partial charge in [0.1, 0.15) is 5.01 Å². The first-order valence-corrected chi connectivity index (χ1v) is 9.19. The molecule has 130 valence electrons. The number of anilines is 1. The number of hydrogen-bond donors (Lipinski definition) is 0. The normalized spacial score (nSPS) is 17.1. The Morgan fingerprint density at radius 1 is 1.32 bits per heavy atom. The topological polar surface area (TPSA) is 62.7 Å². The number of nitrogens with zero attached hydrogens (tertiary/aromatic N) is 3. The molecular weight excluding hydrogens is 338 g/mol. The fraction of sp³-hybridized carbons (Fsp3) is 0.389. The third kappa shape index (κ3) is 3.17. The van der Waals surface area contributed by atoms with Crippen molar-refractivity contribution in [3.8, 4) is 11.3 Å². The molecule has 0 N–H and O–H groups in total. The smallest absolute Gasteiger partial charge is 0.231 e. The minimum Gasteiger partial charge on any atom is -0.378 e.